The van der Waals surface area contributed by atoms with Crippen molar-refractivity contribution in [3.63, 3.8) is 0 Å². The van der Waals surface area contributed by atoms with Crippen molar-refractivity contribution in [2.75, 3.05) is 11.4 Å². The average Bonchev–Trinajstić information content (AvgIpc) is 3.02. The molecule has 0 aromatic heterocycles. The first-order chi connectivity index (χ1) is 12.8. The molecule has 0 aliphatic carbocycles. The fourth-order valence-electron chi connectivity index (χ4n) is 3.24. The number of rotatable bonds is 4. The Kier molecular flexibility index (Phi) is 4.44. The van der Waals surface area contributed by atoms with Crippen molar-refractivity contribution in [1.29, 1.82) is 0 Å². The highest BCUT2D eigenvalue weighted by Gasteiger charge is 2.25. The Morgan fingerprint density at radius 3 is 2.35 bits per heavy atom. The maximum Gasteiger partial charge on any atom is 0.202 e. The second-order valence-corrected chi connectivity index (χ2v) is 6.29. The summed E-state index contributed by atoms with van der Waals surface area (Å²) in [6, 6.07) is 22.7. The Morgan fingerprint density at radius 2 is 1.65 bits per heavy atom. The number of anilines is 1. The van der Waals surface area contributed by atoms with Gasteiger partial charge < -0.3 is 9.64 Å². The number of aliphatic imine (C=N–C) groups is 1. The van der Waals surface area contributed by atoms with E-state index < -0.39 is 0 Å². The van der Waals surface area contributed by atoms with E-state index in [0.29, 0.717) is 0 Å². The number of fused-ring (bicyclic) bond motifs is 2. The summed E-state index contributed by atoms with van der Waals surface area (Å²) in [6.45, 7) is 5.10. The van der Waals surface area contributed by atoms with Gasteiger partial charge in [0.05, 0.1) is 11.4 Å². The molecule has 0 fully saturated rings. The lowest BCUT2D eigenvalue weighted by molar-refractivity contribution is 0.441. The van der Waals surface area contributed by atoms with Gasteiger partial charge in [0.15, 0.2) is 5.75 Å². The molecular formula is C23H22N2O. The minimum atomic E-state index is 0.842. The number of nitrogens with zero attached hydrogens (tertiary/aromatic N) is 2. The van der Waals surface area contributed by atoms with E-state index in [2.05, 4.69) is 61.2 Å². The van der Waals surface area contributed by atoms with Crippen molar-refractivity contribution in [3.05, 3.63) is 78.7 Å². The molecule has 3 aromatic rings. The molecule has 26 heavy (non-hydrogen) atoms. The predicted molar refractivity (Wildman–Crippen MR) is 110 cm³/mol. The maximum atomic E-state index is 6.19. The van der Waals surface area contributed by atoms with Crippen molar-refractivity contribution in [1.82, 2.24) is 0 Å². The first kappa shape index (κ1) is 16.4. The summed E-state index contributed by atoms with van der Waals surface area (Å²) in [5, 5.41) is 2.42. The molecule has 3 aromatic carbocycles. The third-order valence-corrected chi connectivity index (χ3v) is 4.60. The fraction of sp³-hybridized carbons (Fsp3) is 0.174. The van der Waals surface area contributed by atoms with Gasteiger partial charge in [-0.1, -0.05) is 49.4 Å². The number of ether oxygens (including phenoxy) is 1. The number of allylic oxidation sites excluding steroid dienone is 1. The summed E-state index contributed by atoms with van der Waals surface area (Å²) in [6.07, 6.45) is 2.90. The van der Waals surface area contributed by atoms with Crippen LogP contribution in [0.1, 0.15) is 20.3 Å². The summed E-state index contributed by atoms with van der Waals surface area (Å²) >= 11 is 0. The van der Waals surface area contributed by atoms with Crippen LogP contribution in [0.3, 0.4) is 0 Å². The first-order valence-electron chi connectivity index (χ1n) is 9.11. The smallest absolute Gasteiger partial charge is 0.202 e. The normalized spacial score (nSPS) is 15.4. The first-order valence-corrected chi connectivity index (χ1v) is 9.11. The molecule has 0 atom stereocenters. The molecule has 0 unspecified atom stereocenters. The maximum absolute atomic E-state index is 6.19. The SMILES string of the molecule is CCC(/C=C1/Oc2cc3ccccc3cc2N1CC)=Nc1ccccc1. The number of hydrogen-bond donors (Lipinski definition) is 0. The molecule has 0 radical (unpaired) electrons. The van der Waals surface area contributed by atoms with Crippen LogP contribution in [0.2, 0.25) is 0 Å². The highest BCUT2D eigenvalue weighted by molar-refractivity contribution is 5.98. The van der Waals surface area contributed by atoms with E-state index in [1.54, 1.807) is 0 Å². The van der Waals surface area contributed by atoms with Gasteiger partial charge in [0.25, 0.3) is 0 Å². The van der Waals surface area contributed by atoms with Gasteiger partial charge >= 0.3 is 0 Å². The summed E-state index contributed by atoms with van der Waals surface area (Å²) in [4.78, 5) is 6.97. The van der Waals surface area contributed by atoms with Crippen molar-refractivity contribution >= 4 is 27.9 Å². The monoisotopic (exact) mass is 342 g/mol. The average molecular weight is 342 g/mol. The van der Waals surface area contributed by atoms with Crippen LogP contribution in [0, 0.1) is 0 Å². The lowest BCUT2D eigenvalue weighted by atomic mass is 10.1. The van der Waals surface area contributed by atoms with Gasteiger partial charge in [0, 0.05) is 18.3 Å². The molecule has 0 N–H and O–H groups in total. The molecule has 0 saturated carbocycles. The molecule has 0 bridgehead atoms. The molecule has 1 heterocycles. The van der Waals surface area contributed by atoms with E-state index in [0.717, 1.165) is 41.7 Å². The molecule has 130 valence electrons. The van der Waals surface area contributed by atoms with Crippen LogP contribution in [0.4, 0.5) is 11.4 Å². The van der Waals surface area contributed by atoms with Crippen LogP contribution >= 0.6 is 0 Å². The highest BCUT2D eigenvalue weighted by Crippen LogP contribution is 2.41. The predicted octanol–water partition coefficient (Wildman–Crippen LogP) is 6.08. The lowest BCUT2D eigenvalue weighted by Crippen LogP contribution is -2.20. The zero-order valence-electron chi connectivity index (χ0n) is 15.1. The van der Waals surface area contributed by atoms with Crippen molar-refractivity contribution < 1.29 is 4.74 Å². The van der Waals surface area contributed by atoms with Gasteiger partial charge in [-0.15, -0.1) is 0 Å². The molecule has 4 rings (SSSR count). The van der Waals surface area contributed by atoms with Crippen LogP contribution < -0.4 is 9.64 Å². The number of para-hydroxylation sites is 1. The topological polar surface area (TPSA) is 24.8 Å². The van der Waals surface area contributed by atoms with Crippen LogP contribution in [0.25, 0.3) is 10.8 Å². The van der Waals surface area contributed by atoms with E-state index in [4.69, 9.17) is 9.73 Å². The summed E-state index contributed by atoms with van der Waals surface area (Å²) in [5.41, 5.74) is 3.08. The van der Waals surface area contributed by atoms with Gasteiger partial charge in [-0.3, -0.25) is 4.99 Å². The van der Waals surface area contributed by atoms with E-state index >= 15 is 0 Å². The van der Waals surface area contributed by atoms with Crippen molar-refractivity contribution in [2.24, 2.45) is 4.99 Å². The van der Waals surface area contributed by atoms with E-state index in [1.165, 1.54) is 10.8 Å². The highest BCUT2D eigenvalue weighted by atomic mass is 16.5. The minimum absolute atomic E-state index is 0.842. The van der Waals surface area contributed by atoms with Gasteiger partial charge in [0.2, 0.25) is 5.88 Å². The molecule has 1 aliphatic heterocycles. The number of benzene rings is 3. The Balaban J connectivity index is 1.73. The number of hydrogen-bond acceptors (Lipinski definition) is 3. The van der Waals surface area contributed by atoms with Gasteiger partial charge in [-0.25, -0.2) is 0 Å². The van der Waals surface area contributed by atoms with Crippen LogP contribution in [-0.4, -0.2) is 12.3 Å². The van der Waals surface area contributed by atoms with Gasteiger partial charge in [0.1, 0.15) is 0 Å². The lowest BCUT2D eigenvalue weighted by Gasteiger charge is -2.16. The second-order valence-electron chi connectivity index (χ2n) is 6.29. The zero-order valence-corrected chi connectivity index (χ0v) is 15.1. The molecule has 0 amide bonds. The van der Waals surface area contributed by atoms with E-state index in [1.807, 2.05) is 30.3 Å². The van der Waals surface area contributed by atoms with Crippen LogP contribution in [0.15, 0.2) is 83.7 Å². The zero-order chi connectivity index (χ0) is 17.9. The van der Waals surface area contributed by atoms with Gasteiger partial charge in [-0.2, -0.15) is 0 Å². The molecule has 3 heteroatoms. The van der Waals surface area contributed by atoms with E-state index in [9.17, 15) is 0 Å². The Bertz CT molecular complexity index is 990. The summed E-state index contributed by atoms with van der Waals surface area (Å²) in [7, 11) is 0. The van der Waals surface area contributed by atoms with Gasteiger partial charge in [-0.05, 0) is 48.4 Å². The molecule has 0 spiro atoms. The third-order valence-electron chi connectivity index (χ3n) is 4.60. The molecule has 1 aliphatic rings. The fourth-order valence-corrected chi connectivity index (χ4v) is 3.24. The van der Waals surface area contributed by atoms with E-state index in [-0.39, 0.29) is 0 Å². The quantitative estimate of drug-likeness (QED) is 0.537. The Labute approximate surface area is 154 Å². The largest absolute Gasteiger partial charge is 0.439 e. The Morgan fingerprint density at radius 1 is 0.962 bits per heavy atom. The standard InChI is InChI=1S/C23H22N2O/c1-3-19(24-20-12-6-5-7-13-20)16-23-25(4-2)21-14-17-10-8-9-11-18(17)15-22(21)26-23/h5-16H,3-4H2,1-2H3/b23-16+,24-19?. The summed E-state index contributed by atoms with van der Waals surface area (Å²) < 4.78 is 6.19. The Hall–Kier alpha value is -3.07. The molecule has 3 nitrogen and oxygen atoms in total. The third kappa shape index (κ3) is 3.08. The van der Waals surface area contributed by atoms with Crippen molar-refractivity contribution in [3.8, 4) is 5.75 Å². The van der Waals surface area contributed by atoms with Crippen molar-refractivity contribution in [2.45, 2.75) is 20.3 Å². The minimum Gasteiger partial charge on any atom is -0.439 e. The molecule has 0 saturated heterocycles. The summed E-state index contributed by atoms with van der Waals surface area (Å²) in [5.74, 6) is 1.75. The van der Waals surface area contributed by atoms with Crippen LogP contribution in [0.5, 0.6) is 5.75 Å². The van der Waals surface area contributed by atoms with Crippen LogP contribution in [-0.2, 0) is 0 Å². The molecular weight excluding hydrogens is 320 g/mol. The second kappa shape index (κ2) is 7.04.